The second-order valence-corrected chi connectivity index (χ2v) is 4.74. The molecule has 0 rings (SSSR count). The van der Waals surface area contributed by atoms with E-state index in [-0.39, 0.29) is 5.92 Å². The molecule has 0 unspecified atom stereocenters. The van der Waals surface area contributed by atoms with Crippen LogP contribution in [0.1, 0.15) is 27.7 Å². The van der Waals surface area contributed by atoms with E-state index < -0.39 is 17.7 Å². The molecule has 1 N–H and O–H groups in total. The maximum absolute atomic E-state index is 11.3. The second-order valence-electron chi connectivity index (χ2n) is 4.74. The average molecular weight is 243 g/mol. The SMILES string of the molecule is COC(=O)C=C[C@H](C)CNC(=O)OC(C)(C)C. The van der Waals surface area contributed by atoms with Crippen LogP contribution in [0.5, 0.6) is 0 Å². The Labute approximate surface area is 102 Å². The molecule has 0 aliphatic carbocycles. The summed E-state index contributed by atoms with van der Waals surface area (Å²) < 4.78 is 9.52. The maximum Gasteiger partial charge on any atom is 0.407 e. The van der Waals surface area contributed by atoms with Crippen molar-refractivity contribution in [3.8, 4) is 0 Å². The van der Waals surface area contributed by atoms with Crippen LogP contribution in [0.15, 0.2) is 12.2 Å². The van der Waals surface area contributed by atoms with Crippen molar-refractivity contribution >= 4 is 12.1 Å². The van der Waals surface area contributed by atoms with Crippen LogP contribution in [0.3, 0.4) is 0 Å². The summed E-state index contributed by atoms with van der Waals surface area (Å²) in [5, 5.41) is 2.62. The zero-order chi connectivity index (χ0) is 13.5. The van der Waals surface area contributed by atoms with Crippen molar-refractivity contribution in [1.82, 2.24) is 5.32 Å². The van der Waals surface area contributed by atoms with E-state index in [2.05, 4.69) is 10.1 Å². The largest absolute Gasteiger partial charge is 0.466 e. The van der Waals surface area contributed by atoms with Crippen LogP contribution in [0, 0.1) is 5.92 Å². The Morgan fingerprint density at radius 2 is 1.94 bits per heavy atom. The van der Waals surface area contributed by atoms with Crippen molar-refractivity contribution in [2.45, 2.75) is 33.3 Å². The smallest absolute Gasteiger partial charge is 0.407 e. The van der Waals surface area contributed by atoms with Gasteiger partial charge in [-0.2, -0.15) is 0 Å². The Kier molecular flexibility index (Phi) is 6.31. The Balaban J connectivity index is 3.92. The topological polar surface area (TPSA) is 64.6 Å². The zero-order valence-corrected chi connectivity index (χ0v) is 11.1. The number of alkyl carbamates (subject to hydrolysis) is 1. The first-order chi connectivity index (χ1) is 7.74. The predicted octanol–water partition coefficient (Wildman–Crippen LogP) is 1.88. The highest BCUT2D eigenvalue weighted by Crippen LogP contribution is 2.06. The maximum atomic E-state index is 11.3. The van der Waals surface area contributed by atoms with Crippen molar-refractivity contribution in [2.75, 3.05) is 13.7 Å². The quantitative estimate of drug-likeness (QED) is 0.604. The van der Waals surface area contributed by atoms with E-state index in [4.69, 9.17) is 4.74 Å². The van der Waals surface area contributed by atoms with Gasteiger partial charge in [0.2, 0.25) is 0 Å². The summed E-state index contributed by atoms with van der Waals surface area (Å²) >= 11 is 0. The minimum Gasteiger partial charge on any atom is -0.466 e. The first-order valence-corrected chi connectivity index (χ1v) is 5.47. The summed E-state index contributed by atoms with van der Waals surface area (Å²) in [7, 11) is 1.32. The summed E-state index contributed by atoms with van der Waals surface area (Å²) in [5.74, 6) is -0.379. The number of hydrogen-bond donors (Lipinski definition) is 1. The van der Waals surface area contributed by atoms with Crippen LogP contribution in [0.25, 0.3) is 0 Å². The lowest BCUT2D eigenvalue weighted by Gasteiger charge is -2.20. The van der Waals surface area contributed by atoms with Gasteiger partial charge in [0.05, 0.1) is 7.11 Å². The van der Waals surface area contributed by atoms with Crippen molar-refractivity contribution < 1.29 is 19.1 Å². The molecule has 0 radical (unpaired) electrons. The molecule has 0 spiro atoms. The van der Waals surface area contributed by atoms with Gasteiger partial charge >= 0.3 is 12.1 Å². The summed E-state index contributed by atoms with van der Waals surface area (Å²) in [6.07, 6.45) is 2.54. The van der Waals surface area contributed by atoms with Crippen molar-refractivity contribution in [3.05, 3.63) is 12.2 Å². The molecule has 0 saturated heterocycles. The molecule has 0 aliphatic rings. The third-order valence-corrected chi connectivity index (χ3v) is 1.73. The molecule has 5 nitrogen and oxygen atoms in total. The highest BCUT2D eigenvalue weighted by molar-refractivity contribution is 5.81. The van der Waals surface area contributed by atoms with Gasteiger partial charge < -0.3 is 14.8 Å². The minimum atomic E-state index is -0.505. The van der Waals surface area contributed by atoms with Crippen LogP contribution in [-0.2, 0) is 14.3 Å². The Morgan fingerprint density at radius 3 is 2.41 bits per heavy atom. The number of esters is 1. The van der Waals surface area contributed by atoms with E-state index in [1.165, 1.54) is 13.2 Å². The lowest BCUT2D eigenvalue weighted by Crippen LogP contribution is -2.34. The van der Waals surface area contributed by atoms with Gasteiger partial charge in [-0.15, -0.1) is 0 Å². The second kappa shape index (κ2) is 6.93. The lowest BCUT2D eigenvalue weighted by molar-refractivity contribution is -0.134. The van der Waals surface area contributed by atoms with Gasteiger partial charge in [-0.05, 0) is 26.7 Å². The Bertz CT molecular complexity index is 291. The first kappa shape index (κ1) is 15.5. The first-order valence-electron chi connectivity index (χ1n) is 5.47. The fraction of sp³-hybridized carbons (Fsp3) is 0.667. The third kappa shape index (κ3) is 9.41. The van der Waals surface area contributed by atoms with Gasteiger partial charge in [-0.25, -0.2) is 9.59 Å². The van der Waals surface area contributed by atoms with E-state index in [0.717, 1.165) is 0 Å². The molecule has 0 aromatic rings. The number of rotatable bonds is 4. The Morgan fingerprint density at radius 1 is 1.35 bits per heavy atom. The zero-order valence-electron chi connectivity index (χ0n) is 11.1. The van der Waals surface area contributed by atoms with Gasteiger partial charge in [0.1, 0.15) is 5.60 Å². The summed E-state index contributed by atoms with van der Waals surface area (Å²) in [6.45, 7) is 7.67. The van der Waals surface area contributed by atoms with E-state index in [9.17, 15) is 9.59 Å². The van der Waals surface area contributed by atoms with Gasteiger partial charge in [0.25, 0.3) is 0 Å². The van der Waals surface area contributed by atoms with E-state index in [1.807, 2.05) is 6.92 Å². The number of amides is 1. The molecular formula is C12H21NO4. The molecule has 0 bridgehead atoms. The molecule has 1 atom stereocenters. The third-order valence-electron chi connectivity index (χ3n) is 1.73. The van der Waals surface area contributed by atoms with Gasteiger partial charge in [-0.1, -0.05) is 13.0 Å². The number of carbonyl (C=O) groups excluding carboxylic acids is 2. The number of hydrogen-bond acceptors (Lipinski definition) is 4. The highest BCUT2D eigenvalue weighted by Gasteiger charge is 2.15. The predicted molar refractivity (Wildman–Crippen MR) is 64.6 cm³/mol. The van der Waals surface area contributed by atoms with Crippen LogP contribution in [0.4, 0.5) is 4.79 Å². The van der Waals surface area contributed by atoms with E-state index in [1.54, 1.807) is 26.8 Å². The monoisotopic (exact) mass is 243 g/mol. The number of ether oxygens (including phenoxy) is 2. The van der Waals surface area contributed by atoms with Crippen molar-refractivity contribution in [1.29, 1.82) is 0 Å². The van der Waals surface area contributed by atoms with Crippen molar-refractivity contribution in [2.24, 2.45) is 5.92 Å². The molecule has 0 aromatic heterocycles. The van der Waals surface area contributed by atoms with Crippen LogP contribution < -0.4 is 5.32 Å². The van der Waals surface area contributed by atoms with Gasteiger partial charge in [-0.3, -0.25) is 0 Å². The molecule has 0 aliphatic heterocycles. The lowest BCUT2D eigenvalue weighted by atomic mass is 10.1. The summed E-state index contributed by atoms with van der Waals surface area (Å²) in [5.41, 5.74) is -0.505. The van der Waals surface area contributed by atoms with Crippen LogP contribution >= 0.6 is 0 Å². The normalized spacial score (nSPS) is 13.2. The summed E-state index contributed by atoms with van der Waals surface area (Å²) in [4.78, 5) is 22.1. The molecule has 0 fully saturated rings. The fourth-order valence-corrected chi connectivity index (χ4v) is 0.937. The number of nitrogens with one attached hydrogen (secondary N) is 1. The molecule has 98 valence electrons. The van der Waals surface area contributed by atoms with Gasteiger partial charge in [0, 0.05) is 12.6 Å². The molecule has 1 amide bonds. The molecule has 5 heteroatoms. The molecule has 0 aromatic carbocycles. The molecule has 17 heavy (non-hydrogen) atoms. The van der Waals surface area contributed by atoms with E-state index in [0.29, 0.717) is 6.54 Å². The van der Waals surface area contributed by atoms with Crippen LogP contribution in [0.2, 0.25) is 0 Å². The summed E-state index contributed by atoms with van der Waals surface area (Å²) in [6, 6.07) is 0. The Hall–Kier alpha value is -1.52. The molecule has 0 saturated carbocycles. The van der Waals surface area contributed by atoms with Crippen LogP contribution in [-0.4, -0.2) is 31.3 Å². The molecule has 0 heterocycles. The van der Waals surface area contributed by atoms with Crippen molar-refractivity contribution in [3.63, 3.8) is 0 Å². The standard InChI is InChI=1S/C12H21NO4/c1-9(6-7-10(14)16-5)8-13-11(15)17-12(2,3)4/h6-7,9H,8H2,1-5H3,(H,13,15)/t9-/m0/s1. The van der Waals surface area contributed by atoms with E-state index >= 15 is 0 Å². The highest BCUT2D eigenvalue weighted by atomic mass is 16.6. The van der Waals surface area contributed by atoms with Gasteiger partial charge in [0.15, 0.2) is 0 Å². The number of carbonyl (C=O) groups is 2. The number of methoxy groups -OCH3 is 1. The minimum absolute atomic E-state index is 0.0293. The fourth-order valence-electron chi connectivity index (χ4n) is 0.937. The molecular weight excluding hydrogens is 222 g/mol. The average Bonchev–Trinajstić information content (AvgIpc) is 2.20.